The van der Waals surface area contributed by atoms with Gasteiger partial charge in [-0.05, 0) is 53.2 Å². The minimum atomic E-state index is -0.793. The number of benzene rings is 2. The monoisotopic (exact) mass is 534 g/mol. The molecule has 0 bridgehead atoms. The lowest BCUT2D eigenvalue weighted by atomic mass is 10.1. The van der Waals surface area contributed by atoms with Crippen molar-refractivity contribution in [2.45, 2.75) is 13.5 Å². The Balaban J connectivity index is 2.10. The molecule has 178 valence electrons. The SMILES string of the molecule is CNC(=O)c1ccc(C(=O)N(C)C)c(-n2c(C)nc(OCc3ccc(F)cc3F)c(Br)c2=O)c1. The Hall–Kier alpha value is -3.60. The second kappa shape index (κ2) is 10.1. The summed E-state index contributed by atoms with van der Waals surface area (Å²) in [5.41, 5.74) is 0.0468. The van der Waals surface area contributed by atoms with E-state index in [-0.39, 0.29) is 51.1 Å². The van der Waals surface area contributed by atoms with Crippen molar-refractivity contribution in [3.63, 3.8) is 0 Å². The van der Waals surface area contributed by atoms with Crippen molar-refractivity contribution in [1.29, 1.82) is 0 Å². The van der Waals surface area contributed by atoms with Crippen LogP contribution in [0.4, 0.5) is 8.78 Å². The van der Waals surface area contributed by atoms with Crippen molar-refractivity contribution >= 4 is 27.7 Å². The molecule has 1 heterocycles. The number of aromatic nitrogens is 2. The highest BCUT2D eigenvalue weighted by Gasteiger charge is 2.22. The summed E-state index contributed by atoms with van der Waals surface area (Å²) >= 11 is 3.17. The van der Waals surface area contributed by atoms with E-state index in [1.807, 2.05) is 0 Å². The molecule has 0 aliphatic carbocycles. The van der Waals surface area contributed by atoms with E-state index < -0.39 is 23.1 Å². The molecule has 0 spiro atoms. The number of nitrogens with one attached hydrogen (secondary N) is 1. The number of hydrogen-bond acceptors (Lipinski definition) is 5. The smallest absolute Gasteiger partial charge is 0.276 e. The van der Waals surface area contributed by atoms with Gasteiger partial charge >= 0.3 is 0 Å². The van der Waals surface area contributed by atoms with Crippen LogP contribution in [0.25, 0.3) is 5.69 Å². The van der Waals surface area contributed by atoms with Gasteiger partial charge in [0.2, 0.25) is 5.88 Å². The Morgan fingerprint density at radius 1 is 1.18 bits per heavy atom. The average Bonchev–Trinajstić information content (AvgIpc) is 2.80. The molecule has 0 aliphatic heterocycles. The van der Waals surface area contributed by atoms with Gasteiger partial charge < -0.3 is 15.0 Å². The molecule has 8 nitrogen and oxygen atoms in total. The summed E-state index contributed by atoms with van der Waals surface area (Å²) < 4.78 is 33.7. The van der Waals surface area contributed by atoms with Crippen molar-refractivity contribution in [1.82, 2.24) is 19.8 Å². The molecular formula is C23H21BrF2N4O4. The average molecular weight is 535 g/mol. The van der Waals surface area contributed by atoms with E-state index in [1.54, 1.807) is 14.1 Å². The highest BCUT2D eigenvalue weighted by atomic mass is 79.9. The Bertz CT molecular complexity index is 1340. The molecule has 0 aliphatic rings. The molecule has 0 saturated carbocycles. The predicted octanol–water partition coefficient (Wildman–Crippen LogP) is 3.22. The number of hydrogen-bond donors (Lipinski definition) is 1. The van der Waals surface area contributed by atoms with E-state index in [0.29, 0.717) is 0 Å². The number of nitrogens with zero attached hydrogens (tertiary/aromatic N) is 3. The third-order valence-corrected chi connectivity index (χ3v) is 5.59. The van der Waals surface area contributed by atoms with Crippen LogP contribution in [0.15, 0.2) is 45.7 Å². The second-order valence-corrected chi connectivity index (χ2v) is 8.25. The van der Waals surface area contributed by atoms with E-state index in [0.717, 1.165) is 12.1 Å². The van der Waals surface area contributed by atoms with Gasteiger partial charge in [-0.15, -0.1) is 0 Å². The van der Waals surface area contributed by atoms with Gasteiger partial charge in [0.05, 0.1) is 11.3 Å². The number of carbonyl (C=O) groups excluding carboxylic acids is 2. The third kappa shape index (κ3) is 4.98. The quantitative estimate of drug-likeness (QED) is 0.524. The molecule has 34 heavy (non-hydrogen) atoms. The normalized spacial score (nSPS) is 10.7. The van der Waals surface area contributed by atoms with Gasteiger partial charge in [-0.25, -0.2) is 8.78 Å². The maximum Gasteiger partial charge on any atom is 0.276 e. The minimum Gasteiger partial charge on any atom is -0.472 e. The Morgan fingerprint density at radius 2 is 1.88 bits per heavy atom. The molecule has 0 fully saturated rings. The van der Waals surface area contributed by atoms with Gasteiger partial charge in [0.1, 0.15) is 28.5 Å². The largest absolute Gasteiger partial charge is 0.472 e. The van der Waals surface area contributed by atoms with Crippen molar-refractivity contribution in [2.24, 2.45) is 0 Å². The van der Waals surface area contributed by atoms with Gasteiger partial charge in [-0.2, -0.15) is 4.98 Å². The molecule has 0 atom stereocenters. The topological polar surface area (TPSA) is 93.5 Å². The van der Waals surface area contributed by atoms with Crippen LogP contribution in [0.1, 0.15) is 32.1 Å². The lowest BCUT2D eigenvalue weighted by Gasteiger charge is -2.19. The third-order valence-electron chi connectivity index (χ3n) is 4.91. The van der Waals surface area contributed by atoms with Gasteiger partial charge in [-0.1, -0.05) is 0 Å². The fraction of sp³-hybridized carbons (Fsp3) is 0.217. The molecule has 3 rings (SSSR count). The fourth-order valence-electron chi connectivity index (χ4n) is 3.17. The fourth-order valence-corrected chi connectivity index (χ4v) is 3.55. The van der Waals surface area contributed by atoms with E-state index in [4.69, 9.17) is 4.74 Å². The molecule has 3 aromatic rings. The van der Waals surface area contributed by atoms with Crippen LogP contribution in [0.3, 0.4) is 0 Å². The first kappa shape index (κ1) is 25.0. The predicted molar refractivity (Wildman–Crippen MR) is 124 cm³/mol. The Kier molecular flexibility index (Phi) is 7.45. The number of aryl methyl sites for hydroxylation is 1. The summed E-state index contributed by atoms with van der Waals surface area (Å²) in [6.07, 6.45) is 0. The summed E-state index contributed by atoms with van der Waals surface area (Å²) in [4.78, 5) is 43.9. The van der Waals surface area contributed by atoms with Crippen LogP contribution < -0.4 is 15.6 Å². The Morgan fingerprint density at radius 3 is 2.50 bits per heavy atom. The van der Waals surface area contributed by atoms with Crippen molar-refractivity contribution in [3.05, 3.63) is 85.4 Å². The molecule has 0 radical (unpaired) electrons. The minimum absolute atomic E-state index is 0.0748. The Labute approximate surface area is 202 Å². The molecule has 0 saturated heterocycles. The van der Waals surface area contributed by atoms with Crippen LogP contribution >= 0.6 is 15.9 Å². The van der Waals surface area contributed by atoms with Crippen molar-refractivity contribution in [3.8, 4) is 11.6 Å². The van der Waals surface area contributed by atoms with Crippen LogP contribution in [0.5, 0.6) is 5.88 Å². The number of ether oxygens (including phenoxy) is 1. The van der Waals surface area contributed by atoms with Crippen molar-refractivity contribution in [2.75, 3.05) is 21.1 Å². The molecule has 1 aromatic heterocycles. The highest BCUT2D eigenvalue weighted by Crippen LogP contribution is 2.25. The van der Waals surface area contributed by atoms with Crippen LogP contribution in [-0.4, -0.2) is 47.4 Å². The molecule has 0 unspecified atom stereocenters. The molecule has 11 heteroatoms. The van der Waals surface area contributed by atoms with Gasteiger partial charge in [0.15, 0.2) is 0 Å². The zero-order valence-corrected chi connectivity index (χ0v) is 20.4. The van der Waals surface area contributed by atoms with Crippen LogP contribution in [-0.2, 0) is 6.61 Å². The van der Waals surface area contributed by atoms with E-state index in [9.17, 15) is 23.2 Å². The summed E-state index contributed by atoms with van der Waals surface area (Å²) in [7, 11) is 4.59. The highest BCUT2D eigenvalue weighted by molar-refractivity contribution is 9.10. The lowest BCUT2D eigenvalue weighted by Crippen LogP contribution is -2.29. The van der Waals surface area contributed by atoms with Gasteiger partial charge in [-0.3, -0.25) is 19.0 Å². The maximum absolute atomic E-state index is 13.9. The zero-order chi connectivity index (χ0) is 25.2. The second-order valence-electron chi connectivity index (χ2n) is 7.45. The van der Waals surface area contributed by atoms with E-state index in [1.165, 1.54) is 47.7 Å². The van der Waals surface area contributed by atoms with Crippen LogP contribution in [0.2, 0.25) is 0 Å². The number of amides is 2. The van der Waals surface area contributed by atoms with Gasteiger partial charge in [0, 0.05) is 38.3 Å². The van der Waals surface area contributed by atoms with Crippen LogP contribution in [0, 0.1) is 18.6 Å². The summed E-state index contributed by atoms with van der Waals surface area (Å²) in [6.45, 7) is 1.23. The first-order chi connectivity index (χ1) is 16.0. The van der Waals surface area contributed by atoms with Crippen molar-refractivity contribution < 1.29 is 23.1 Å². The number of halogens is 3. The molecule has 2 amide bonds. The first-order valence-corrected chi connectivity index (χ1v) is 10.8. The standard InChI is InChI=1S/C23H21BrF2N4O4/c1-12-28-21(34-11-14-5-7-15(25)10-17(14)26)19(24)23(33)30(12)18-9-13(20(31)27-2)6-8-16(18)22(32)29(3)4/h5-10H,11H2,1-4H3,(H,27,31). The maximum atomic E-state index is 13.9. The number of rotatable bonds is 6. The zero-order valence-electron chi connectivity index (χ0n) is 18.8. The summed E-state index contributed by atoms with van der Waals surface area (Å²) in [5, 5.41) is 2.50. The van der Waals surface area contributed by atoms with E-state index in [2.05, 4.69) is 26.2 Å². The molecule has 2 aromatic carbocycles. The molecule has 1 N–H and O–H groups in total. The first-order valence-electron chi connectivity index (χ1n) is 9.99. The summed E-state index contributed by atoms with van der Waals surface area (Å²) in [5.74, 6) is -2.24. The van der Waals surface area contributed by atoms with E-state index >= 15 is 0 Å². The summed E-state index contributed by atoms with van der Waals surface area (Å²) in [6, 6.07) is 7.42. The molecular weight excluding hydrogens is 514 g/mol. The lowest BCUT2D eigenvalue weighted by molar-refractivity contribution is 0.0826. The van der Waals surface area contributed by atoms with Gasteiger partial charge in [0.25, 0.3) is 17.4 Å². The number of carbonyl (C=O) groups is 2.